The number of amides is 1. The van der Waals surface area contributed by atoms with Gasteiger partial charge in [0.15, 0.2) is 11.6 Å². The van der Waals surface area contributed by atoms with Crippen LogP contribution >= 0.6 is 11.3 Å². The molecular weight excluding hydrogens is 320 g/mol. The van der Waals surface area contributed by atoms with E-state index in [2.05, 4.69) is 10.4 Å². The van der Waals surface area contributed by atoms with Gasteiger partial charge < -0.3 is 5.32 Å². The number of carbonyl (C=O) groups excluding carboxylic acids is 1. The minimum absolute atomic E-state index is 0.0867. The number of aromatic nitrogens is 2. The van der Waals surface area contributed by atoms with Crippen molar-refractivity contribution in [1.29, 1.82) is 0 Å². The molecule has 0 unspecified atom stereocenters. The van der Waals surface area contributed by atoms with Gasteiger partial charge in [-0.3, -0.25) is 9.48 Å². The zero-order valence-corrected chi connectivity index (χ0v) is 12.8. The van der Waals surface area contributed by atoms with Crippen LogP contribution in [0.4, 0.5) is 8.78 Å². The second-order valence-corrected chi connectivity index (χ2v) is 5.77. The predicted molar refractivity (Wildman–Crippen MR) is 84.2 cm³/mol. The number of thiophene rings is 1. The van der Waals surface area contributed by atoms with Crippen molar-refractivity contribution in [2.45, 2.75) is 6.54 Å². The summed E-state index contributed by atoms with van der Waals surface area (Å²) in [5.74, 6) is -2.46. The number of hydrogen-bond donors (Lipinski definition) is 1. The van der Waals surface area contributed by atoms with E-state index < -0.39 is 17.5 Å². The molecule has 23 heavy (non-hydrogen) atoms. The van der Waals surface area contributed by atoms with Crippen LogP contribution in [0, 0.1) is 11.6 Å². The van der Waals surface area contributed by atoms with Gasteiger partial charge in [-0.15, -0.1) is 11.3 Å². The lowest BCUT2D eigenvalue weighted by Crippen LogP contribution is -2.27. The van der Waals surface area contributed by atoms with E-state index in [-0.39, 0.29) is 5.56 Å². The number of hydrogen-bond acceptors (Lipinski definition) is 3. The van der Waals surface area contributed by atoms with E-state index in [0.717, 1.165) is 22.7 Å². The summed E-state index contributed by atoms with van der Waals surface area (Å²) >= 11 is 1.61. The quantitative estimate of drug-likeness (QED) is 0.778. The van der Waals surface area contributed by atoms with Crippen molar-refractivity contribution < 1.29 is 13.6 Å². The van der Waals surface area contributed by atoms with Gasteiger partial charge in [-0.1, -0.05) is 6.07 Å². The second kappa shape index (κ2) is 6.70. The minimum Gasteiger partial charge on any atom is -0.350 e. The molecule has 3 rings (SSSR count). The van der Waals surface area contributed by atoms with Crippen LogP contribution in [0.3, 0.4) is 0 Å². The van der Waals surface area contributed by atoms with Gasteiger partial charge in [-0.05, 0) is 35.7 Å². The maximum atomic E-state index is 13.1. The van der Waals surface area contributed by atoms with E-state index in [9.17, 15) is 13.6 Å². The number of carbonyl (C=O) groups is 1. The number of nitrogens with one attached hydrogen (secondary N) is 1. The molecule has 0 aliphatic rings. The number of benzene rings is 1. The monoisotopic (exact) mass is 333 g/mol. The molecule has 1 aromatic carbocycles. The maximum absolute atomic E-state index is 13.1. The van der Waals surface area contributed by atoms with Gasteiger partial charge in [0.1, 0.15) is 5.69 Å². The lowest BCUT2D eigenvalue weighted by molar-refractivity contribution is 0.0951. The Kier molecular flexibility index (Phi) is 4.47. The maximum Gasteiger partial charge on any atom is 0.251 e. The molecular formula is C16H13F2N3OS. The first-order valence-electron chi connectivity index (χ1n) is 6.94. The molecule has 0 bridgehead atoms. The zero-order chi connectivity index (χ0) is 16.2. The van der Waals surface area contributed by atoms with Crippen LogP contribution in [0.1, 0.15) is 10.4 Å². The molecule has 0 atom stereocenters. The van der Waals surface area contributed by atoms with E-state index in [1.165, 1.54) is 6.07 Å². The van der Waals surface area contributed by atoms with Crippen LogP contribution in [0.25, 0.3) is 10.6 Å². The Morgan fingerprint density at radius 2 is 2.09 bits per heavy atom. The summed E-state index contributed by atoms with van der Waals surface area (Å²) in [4.78, 5) is 12.9. The molecule has 0 aliphatic carbocycles. The lowest BCUT2D eigenvalue weighted by Gasteiger charge is -2.06. The molecule has 3 aromatic rings. The highest BCUT2D eigenvalue weighted by Crippen LogP contribution is 2.22. The Hall–Kier alpha value is -2.54. The van der Waals surface area contributed by atoms with E-state index in [0.29, 0.717) is 13.1 Å². The first kappa shape index (κ1) is 15.4. The van der Waals surface area contributed by atoms with Gasteiger partial charge in [-0.25, -0.2) is 8.78 Å². The zero-order valence-electron chi connectivity index (χ0n) is 12.0. The van der Waals surface area contributed by atoms with Crippen LogP contribution < -0.4 is 5.32 Å². The smallest absolute Gasteiger partial charge is 0.251 e. The highest BCUT2D eigenvalue weighted by Gasteiger charge is 2.09. The molecule has 0 fully saturated rings. The van der Waals surface area contributed by atoms with Crippen LogP contribution in [0.15, 0.2) is 48.0 Å². The van der Waals surface area contributed by atoms with Gasteiger partial charge in [-0.2, -0.15) is 5.10 Å². The molecule has 4 nitrogen and oxygen atoms in total. The summed E-state index contributed by atoms with van der Waals surface area (Å²) in [6, 6.07) is 8.92. The van der Waals surface area contributed by atoms with Crippen LogP contribution in [-0.4, -0.2) is 22.2 Å². The van der Waals surface area contributed by atoms with Gasteiger partial charge in [0.2, 0.25) is 0 Å². The van der Waals surface area contributed by atoms with E-state index >= 15 is 0 Å². The Morgan fingerprint density at radius 1 is 1.22 bits per heavy atom. The standard InChI is InChI=1S/C16H13F2N3OS/c17-12-4-3-11(10-13(12)18)16(22)19-6-8-21-7-5-14(20-21)15-2-1-9-23-15/h1-5,7,9-10H,6,8H2,(H,19,22). The van der Waals surface area contributed by atoms with Crippen molar-refractivity contribution >= 4 is 17.2 Å². The Balaban J connectivity index is 1.55. The molecule has 2 heterocycles. The molecule has 1 amide bonds. The van der Waals surface area contributed by atoms with Gasteiger partial charge in [0.05, 0.1) is 11.4 Å². The van der Waals surface area contributed by atoms with Crippen molar-refractivity contribution in [2.75, 3.05) is 6.54 Å². The molecule has 0 aliphatic heterocycles. The third-order valence-corrected chi connectivity index (χ3v) is 4.11. The number of halogens is 2. The fourth-order valence-electron chi connectivity index (χ4n) is 2.07. The summed E-state index contributed by atoms with van der Waals surface area (Å²) in [5, 5.41) is 9.05. The first-order valence-corrected chi connectivity index (χ1v) is 7.82. The van der Waals surface area contributed by atoms with Crippen molar-refractivity contribution in [3.63, 3.8) is 0 Å². The number of nitrogens with zero attached hydrogens (tertiary/aromatic N) is 2. The largest absolute Gasteiger partial charge is 0.350 e. The van der Waals surface area contributed by atoms with Crippen molar-refractivity contribution in [3.05, 3.63) is 65.2 Å². The molecule has 7 heteroatoms. The summed E-state index contributed by atoms with van der Waals surface area (Å²) < 4.78 is 27.7. The van der Waals surface area contributed by atoms with Crippen LogP contribution in [0.5, 0.6) is 0 Å². The molecule has 2 aromatic heterocycles. The fraction of sp³-hybridized carbons (Fsp3) is 0.125. The lowest BCUT2D eigenvalue weighted by atomic mass is 10.2. The Bertz CT molecular complexity index is 815. The summed E-state index contributed by atoms with van der Waals surface area (Å²) in [7, 11) is 0. The van der Waals surface area contributed by atoms with E-state index in [1.54, 1.807) is 16.0 Å². The molecule has 0 saturated carbocycles. The average Bonchev–Trinajstić information content (AvgIpc) is 3.20. The topological polar surface area (TPSA) is 46.9 Å². The summed E-state index contributed by atoms with van der Waals surface area (Å²) in [6.07, 6.45) is 1.83. The fourth-order valence-corrected chi connectivity index (χ4v) is 2.76. The Labute approximate surface area is 135 Å². The van der Waals surface area contributed by atoms with E-state index in [4.69, 9.17) is 0 Å². The minimum atomic E-state index is -1.04. The summed E-state index contributed by atoms with van der Waals surface area (Å²) in [5.41, 5.74) is 0.968. The Morgan fingerprint density at radius 3 is 2.83 bits per heavy atom. The third kappa shape index (κ3) is 3.62. The first-order chi connectivity index (χ1) is 11.1. The second-order valence-electron chi connectivity index (χ2n) is 4.83. The third-order valence-electron chi connectivity index (χ3n) is 3.22. The average molecular weight is 333 g/mol. The van der Waals surface area contributed by atoms with Crippen molar-refractivity contribution in [3.8, 4) is 10.6 Å². The molecule has 0 radical (unpaired) electrons. The SMILES string of the molecule is O=C(NCCn1ccc(-c2cccs2)n1)c1ccc(F)c(F)c1. The molecule has 1 N–H and O–H groups in total. The highest BCUT2D eigenvalue weighted by atomic mass is 32.1. The van der Waals surface area contributed by atoms with Crippen molar-refractivity contribution in [1.82, 2.24) is 15.1 Å². The van der Waals surface area contributed by atoms with Crippen molar-refractivity contribution in [2.24, 2.45) is 0 Å². The highest BCUT2D eigenvalue weighted by molar-refractivity contribution is 7.13. The van der Waals surface area contributed by atoms with Gasteiger partial charge >= 0.3 is 0 Å². The molecule has 0 spiro atoms. The summed E-state index contributed by atoms with van der Waals surface area (Å²) in [6.45, 7) is 0.824. The predicted octanol–water partition coefficient (Wildman–Crippen LogP) is 3.32. The molecule has 118 valence electrons. The van der Waals surface area contributed by atoms with E-state index in [1.807, 2.05) is 29.8 Å². The number of rotatable bonds is 5. The van der Waals surface area contributed by atoms with Crippen LogP contribution in [0.2, 0.25) is 0 Å². The molecule has 0 saturated heterocycles. The van der Waals surface area contributed by atoms with Gasteiger partial charge in [0.25, 0.3) is 5.91 Å². The normalized spacial score (nSPS) is 10.7. The van der Waals surface area contributed by atoms with Gasteiger partial charge in [0, 0.05) is 18.3 Å². The van der Waals surface area contributed by atoms with Crippen LogP contribution in [-0.2, 0) is 6.54 Å².